The van der Waals surface area contributed by atoms with Crippen molar-refractivity contribution in [2.45, 2.75) is 19.9 Å². The Kier molecular flexibility index (Phi) is 4.97. The molecule has 7 heteroatoms. The Balaban J connectivity index is 1.93. The molecule has 1 heterocycles. The molecular formula is C19H19N3O4. The topological polar surface area (TPSA) is 97.3 Å². The molecule has 0 saturated heterocycles. The zero-order valence-electron chi connectivity index (χ0n) is 14.5. The number of hydrogen-bond acceptors (Lipinski definition) is 6. The number of para-hydroxylation sites is 1. The molecule has 1 atom stereocenters. The number of hydrogen-bond donors (Lipinski definition) is 1. The summed E-state index contributed by atoms with van der Waals surface area (Å²) in [6.07, 6.45) is 1.40. The molecule has 0 bridgehead atoms. The molecule has 2 aromatic rings. The predicted molar refractivity (Wildman–Crippen MR) is 99.6 cm³/mol. The molecule has 0 radical (unpaired) electrons. The first-order valence-electron chi connectivity index (χ1n) is 8.27. The highest BCUT2D eigenvalue weighted by Gasteiger charge is 2.24. The smallest absolute Gasteiger partial charge is 0.270 e. The maximum absolute atomic E-state index is 10.9. The second-order valence-corrected chi connectivity index (χ2v) is 6.33. The van der Waals surface area contributed by atoms with Crippen molar-refractivity contribution in [1.82, 2.24) is 0 Å². The molecule has 1 aliphatic rings. The van der Waals surface area contributed by atoms with Gasteiger partial charge in [0.05, 0.1) is 22.2 Å². The van der Waals surface area contributed by atoms with E-state index < -0.39 is 4.92 Å². The first-order valence-corrected chi connectivity index (χ1v) is 8.27. The minimum Gasteiger partial charge on any atom is -0.507 e. The van der Waals surface area contributed by atoms with Crippen LogP contribution in [-0.2, 0) is 4.74 Å². The lowest BCUT2D eigenvalue weighted by atomic mass is 10.1. The quantitative estimate of drug-likeness (QED) is 0.501. The normalized spacial score (nSPS) is 16.7. The summed E-state index contributed by atoms with van der Waals surface area (Å²) in [7, 11) is 0. The number of non-ortho nitro benzene ring substituents is 1. The molecule has 134 valence electrons. The second kappa shape index (κ2) is 7.35. The number of phenolic OH excluding ortho intramolecular Hbond substituents is 1. The molecule has 0 fully saturated rings. The molecule has 2 aromatic carbocycles. The Morgan fingerprint density at radius 1 is 1.35 bits per heavy atom. The van der Waals surface area contributed by atoms with Gasteiger partial charge in [-0.2, -0.15) is 0 Å². The van der Waals surface area contributed by atoms with E-state index in [9.17, 15) is 15.2 Å². The van der Waals surface area contributed by atoms with E-state index in [1.807, 2.05) is 18.2 Å². The number of aliphatic imine (C=N–C) groups is 2. The Labute approximate surface area is 150 Å². The van der Waals surface area contributed by atoms with Crippen LogP contribution in [0.1, 0.15) is 25.0 Å². The number of benzene rings is 2. The average Bonchev–Trinajstić information content (AvgIpc) is 3.11. The second-order valence-electron chi connectivity index (χ2n) is 6.33. The van der Waals surface area contributed by atoms with Crippen molar-refractivity contribution < 1.29 is 14.8 Å². The van der Waals surface area contributed by atoms with Gasteiger partial charge in [0.15, 0.2) is 0 Å². The molecule has 0 aliphatic carbocycles. The maximum Gasteiger partial charge on any atom is 0.270 e. The molecule has 3 rings (SSSR count). The van der Waals surface area contributed by atoms with Gasteiger partial charge in [0.2, 0.25) is 5.90 Å². The van der Waals surface area contributed by atoms with Crippen molar-refractivity contribution in [3.05, 3.63) is 63.7 Å². The fourth-order valence-electron chi connectivity index (χ4n) is 2.54. The van der Waals surface area contributed by atoms with Crippen molar-refractivity contribution in [3.8, 4) is 5.75 Å². The number of nitro groups is 1. The number of ether oxygens (including phenoxy) is 1. The molecule has 1 aliphatic heterocycles. The van der Waals surface area contributed by atoms with Crippen LogP contribution < -0.4 is 0 Å². The van der Waals surface area contributed by atoms with Crippen LogP contribution in [0, 0.1) is 16.0 Å². The number of phenols is 1. The van der Waals surface area contributed by atoms with Crippen LogP contribution in [0.3, 0.4) is 0 Å². The van der Waals surface area contributed by atoms with Gasteiger partial charge in [-0.05, 0) is 24.1 Å². The minimum atomic E-state index is -0.516. The van der Waals surface area contributed by atoms with Gasteiger partial charge in [-0.3, -0.25) is 15.1 Å². The number of aromatic hydroxyl groups is 1. The van der Waals surface area contributed by atoms with E-state index >= 15 is 0 Å². The standard InChI is InChI=1S/C19H19N3O4/c1-12(2)17-11-26-19(21-17)15-5-3-4-6-16(15)20-10-13-9-14(22(24)25)7-8-18(13)23/h3-10,12,17,23H,11H2,1-2H3/t17-/m1/s1. The van der Waals surface area contributed by atoms with Crippen LogP contribution in [0.15, 0.2) is 52.4 Å². The van der Waals surface area contributed by atoms with Crippen LogP contribution in [-0.4, -0.2) is 34.8 Å². The summed E-state index contributed by atoms with van der Waals surface area (Å²) < 4.78 is 5.72. The summed E-state index contributed by atoms with van der Waals surface area (Å²) in [6.45, 7) is 4.72. The Morgan fingerprint density at radius 3 is 2.81 bits per heavy atom. The number of rotatable bonds is 5. The van der Waals surface area contributed by atoms with Gasteiger partial charge in [-0.25, -0.2) is 4.99 Å². The SMILES string of the molecule is CC(C)[C@H]1COC(c2ccccc2N=Cc2cc([N+](=O)[O-])ccc2O)=N1. The highest BCUT2D eigenvalue weighted by Crippen LogP contribution is 2.26. The lowest BCUT2D eigenvalue weighted by Crippen LogP contribution is -2.13. The van der Waals surface area contributed by atoms with E-state index in [4.69, 9.17) is 4.74 Å². The molecule has 0 spiro atoms. The Bertz CT molecular complexity index is 890. The van der Waals surface area contributed by atoms with Gasteiger partial charge in [-0.15, -0.1) is 0 Å². The minimum absolute atomic E-state index is 0.0776. The summed E-state index contributed by atoms with van der Waals surface area (Å²) in [5.74, 6) is 0.843. The summed E-state index contributed by atoms with van der Waals surface area (Å²) in [5, 5.41) is 20.8. The van der Waals surface area contributed by atoms with Gasteiger partial charge < -0.3 is 9.84 Å². The molecule has 0 amide bonds. The summed E-state index contributed by atoms with van der Waals surface area (Å²) in [4.78, 5) is 19.4. The van der Waals surface area contributed by atoms with Crippen LogP contribution >= 0.6 is 0 Å². The molecule has 0 saturated carbocycles. The first kappa shape index (κ1) is 17.6. The summed E-state index contributed by atoms with van der Waals surface area (Å²) >= 11 is 0. The summed E-state index contributed by atoms with van der Waals surface area (Å²) in [6, 6.07) is 11.3. The van der Waals surface area contributed by atoms with Crippen molar-refractivity contribution in [1.29, 1.82) is 0 Å². The van der Waals surface area contributed by atoms with Crippen molar-refractivity contribution in [3.63, 3.8) is 0 Å². The average molecular weight is 353 g/mol. The van der Waals surface area contributed by atoms with Crippen LogP contribution in [0.25, 0.3) is 0 Å². The van der Waals surface area contributed by atoms with E-state index in [0.717, 1.165) is 5.56 Å². The molecule has 0 aromatic heterocycles. The molecule has 1 N–H and O–H groups in total. The molecular weight excluding hydrogens is 334 g/mol. The Morgan fingerprint density at radius 2 is 2.12 bits per heavy atom. The molecule has 7 nitrogen and oxygen atoms in total. The van der Waals surface area contributed by atoms with E-state index in [2.05, 4.69) is 23.8 Å². The third kappa shape index (κ3) is 3.72. The summed E-state index contributed by atoms with van der Waals surface area (Å²) in [5.41, 5.74) is 1.52. The van der Waals surface area contributed by atoms with Gasteiger partial charge in [0.1, 0.15) is 12.4 Å². The predicted octanol–water partition coefficient (Wildman–Crippen LogP) is 3.85. The fraction of sp³-hybridized carbons (Fsp3) is 0.263. The zero-order valence-corrected chi connectivity index (χ0v) is 14.5. The van der Waals surface area contributed by atoms with E-state index in [1.165, 1.54) is 24.4 Å². The largest absolute Gasteiger partial charge is 0.507 e. The van der Waals surface area contributed by atoms with Crippen LogP contribution in [0.5, 0.6) is 5.75 Å². The third-order valence-electron chi connectivity index (χ3n) is 4.14. The highest BCUT2D eigenvalue weighted by atomic mass is 16.6. The van der Waals surface area contributed by atoms with Gasteiger partial charge in [-0.1, -0.05) is 26.0 Å². The van der Waals surface area contributed by atoms with Crippen molar-refractivity contribution in [2.75, 3.05) is 6.61 Å². The first-order chi connectivity index (χ1) is 12.5. The number of nitro benzene ring substituents is 1. The lowest BCUT2D eigenvalue weighted by Gasteiger charge is -2.06. The van der Waals surface area contributed by atoms with Gasteiger partial charge in [0, 0.05) is 23.9 Å². The fourth-order valence-corrected chi connectivity index (χ4v) is 2.54. The van der Waals surface area contributed by atoms with E-state index in [0.29, 0.717) is 24.1 Å². The maximum atomic E-state index is 10.9. The third-order valence-corrected chi connectivity index (χ3v) is 4.14. The van der Waals surface area contributed by atoms with E-state index in [1.54, 1.807) is 6.07 Å². The highest BCUT2D eigenvalue weighted by molar-refractivity contribution is 6.01. The van der Waals surface area contributed by atoms with Gasteiger partial charge in [0.25, 0.3) is 5.69 Å². The van der Waals surface area contributed by atoms with E-state index in [-0.39, 0.29) is 23.0 Å². The Hall–Kier alpha value is -3.22. The zero-order chi connectivity index (χ0) is 18.7. The number of nitrogens with zero attached hydrogens (tertiary/aromatic N) is 3. The molecule has 26 heavy (non-hydrogen) atoms. The monoisotopic (exact) mass is 353 g/mol. The van der Waals surface area contributed by atoms with Crippen LogP contribution in [0.4, 0.5) is 11.4 Å². The van der Waals surface area contributed by atoms with Crippen molar-refractivity contribution >= 4 is 23.5 Å². The lowest BCUT2D eigenvalue weighted by molar-refractivity contribution is -0.384. The molecule has 0 unspecified atom stereocenters. The van der Waals surface area contributed by atoms with Crippen molar-refractivity contribution in [2.24, 2.45) is 15.9 Å². The van der Waals surface area contributed by atoms with Gasteiger partial charge >= 0.3 is 0 Å². The van der Waals surface area contributed by atoms with Crippen LogP contribution in [0.2, 0.25) is 0 Å².